The van der Waals surface area contributed by atoms with Gasteiger partial charge in [-0.1, -0.05) is 6.07 Å². The summed E-state index contributed by atoms with van der Waals surface area (Å²) < 4.78 is 5.14. The Kier molecular flexibility index (Phi) is 3.96. The summed E-state index contributed by atoms with van der Waals surface area (Å²) in [4.78, 5) is 13.2. The van der Waals surface area contributed by atoms with Crippen molar-refractivity contribution in [2.75, 3.05) is 19.7 Å². The van der Waals surface area contributed by atoms with Gasteiger partial charge in [-0.15, -0.1) is 11.3 Å². The number of hydrogen-bond acceptors (Lipinski definition) is 4. The fourth-order valence-corrected chi connectivity index (χ4v) is 3.13. The van der Waals surface area contributed by atoms with Gasteiger partial charge in [0.25, 0.3) is 0 Å². The Morgan fingerprint density at radius 2 is 2.56 bits per heavy atom. The van der Waals surface area contributed by atoms with Gasteiger partial charge in [-0.3, -0.25) is 4.79 Å². The number of esters is 1. The average Bonchev–Trinajstić information content (AvgIpc) is 2.83. The fourth-order valence-electron chi connectivity index (χ4n) is 2.20. The molecule has 3 nitrogen and oxygen atoms in total. The second-order valence-electron chi connectivity index (χ2n) is 3.97. The number of ether oxygens (including phenoxy) is 1. The topological polar surface area (TPSA) is 38.3 Å². The highest BCUT2D eigenvalue weighted by Gasteiger charge is 2.33. The van der Waals surface area contributed by atoms with Crippen molar-refractivity contribution in [3.8, 4) is 0 Å². The van der Waals surface area contributed by atoms with Crippen molar-refractivity contribution < 1.29 is 9.53 Å². The molecule has 1 aromatic rings. The molecule has 1 N–H and O–H groups in total. The average molecular weight is 239 g/mol. The first kappa shape index (κ1) is 11.6. The number of hydrogen-bond donors (Lipinski definition) is 1. The number of thiophene rings is 1. The molecule has 1 aromatic heterocycles. The predicted molar refractivity (Wildman–Crippen MR) is 64.7 cm³/mol. The summed E-state index contributed by atoms with van der Waals surface area (Å²) in [5.41, 5.74) is 0. The lowest BCUT2D eigenvalue weighted by atomic mass is 9.85. The van der Waals surface area contributed by atoms with Crippen LogP contribution in [0.3, 0.4) is 0 Å². The zero-order valence-electron chi connectivity index (χ0n) is 9.44. The number of piperidine rings is 1. The van der Waals surface area contributed by atoms with Gasteiger partial charge in [-0.05, 0) is 31.3 Å². The molecule has 0 saturated carbocycles. The van der Waals surface area contributed by atoms with E-state index in [1.807, 2.05) is 13.0 Å². The van der Waals surface area contributed by atoms with E-state index in [0.717, 1.165) is 19.5 Å². The Hall–Kier alpha value is -0.870. The van der Waals surface area contributed by atoms with Crippen LogP contribution in [0.1, 0.15) is 24.1 Å². The van der Waals surface area contributed by atoms with Crippen molar-refractivity contribution in [1.82, 2.24) is 5.32 Å². The van der Waals surface area contributed by atoms with E-state index in [-0.39, 0.29) is 11.9 Å². The van der Waals surface area contributed by atoms with Crippen LogP contribution in [0.15, 0.2) is 17.5 Å². The summed E-state index contributed by atoms with van der Waals surface area (Å²) in [6.07, 6.45) is 1.02. The standard InChI is InChI=1S/C12H17NO2S/c1-2-15-12(14)10-8-13-6-5-9(10)11-4-3-7-16-11/h3-4,7,9-10,13H,2,5-6,8H2,1H3/t9?,10-/m1/s1. The second kappa shape index (κ2) is 5.46. The molecular formula is C12H17NO2S. The van der Waals surface area contributed by atoms with Crippen LogP contribution < -0.4 is 5.32 Å². The van der Waals surface area contributed by atoms with Crippen molar-refractivity contribution in [1.29, 1.82) is 0 Å². The van der Waals surface area contributed by atoms with Gasteiger partial charge < -0.3 is 10.1 Å². The fraction of sp³-hybridized carbons (Fsp3) is 0.583. The highest BCUT2D eigenvalue weighted by atomic mass is 32.1. The van der Waals surface area contributed by atoms with E-state index in [1.54, 1.807) is 11.3 Å². The van der Waals surface area contributed by atoms with E-state index < -0.39 is 0 Å². The first-order valence-electron chi connectivity index (χ1n) is 5.73. The molecule has 0 aliphatic carbocycles. The number of carbonyl (C=O) groups is 1. The van der Waals surface area contributed by atoms with Crippen molar-refractivity contribution in [2.45, 2.75) is 19.3 Å². The molecule has 1 fully saturated rings. The second-order valence-corrected chi connectivity index (χ2v) is 4.95. The normalized spacial score (nSPS) is 25.3. The van der Waals surface area contributed by atoms with Gasteiger partial charge in [0.2, 0.25) is 0 Å². The monoisotopic (exact) mass is 239 g/mol. The highest BCUT2D eigenvalue weighted by Crippen LogP contribution is 2.33. The molecule has 4 heteroatoms. The first-order chi connectivity index (χ1) is 7.83. The van der Waals surface area contributed by atoms with Gasteiger partial charge >= 0.3 is 5.97 Å². The van der Waals surface area contributed by atoms with Crippen molar-refractivity contribution >= 4 is 17.3 Å². The minimum Gasteiger partial charge on any atom is -0.466 e. The third-order valence-corrected chi connectivity index (χ3v) is 3.98. The molecule has 0 spiro atoms. The summed E-state index contributed by atoms with van der Waals surface area (Å²) in [7, 11) is 0. The summed E-state index contributed by atoms with van der Waals surface area (Å²) in [6, 6.07) is 4.16. The molecule has 1 aliphatic heterocycles. The van der Waals surface area contributed by atoms with Crippen molar-refractivity contribution in [2.24, 2.45) is 5.92 Å². The molecule has 1 unspecified atom stereocenters. The Morgan fingerprint density at radius 1 is 1.69 bits per heavy atom. The SMILES string of the molecule is CCOC(=O)[C@@H]1CNCCC1c1cccs1. The molecule has 1 saturated heterocycles. The van der Waals surface area contributed by atoms with E-state index in [1.165, 1.54) is 4.88 Å². The molecule has 88 valence electrons. The van der Waals surface area contributed by atoms with Crippen LogP contribution in [-0.2, 0) is 9.53 Å². The first-order valence-corrected chi connectivity index (χ1v) is 6.61. The van der Waals surface area contributed by atoms with Gasteiger partial charge in [0.05, 0.1) is 12.5 Å². The molecule has 0 aromatic carbocycles. The number of rotatable bonds is 3. The lowest BCUT2D eigenvalue weighted by Crippen LogP contribution is -2.40. The maximum atomic E-state index is 11.8. The van der Waals surface area contributed by atoms with Crippen LogP contribution in [0.25, 0.3) is 0 Å². The van der Waals surface area contributed by atoms with Gasteiger partial charge in [-0.25, -0.2) is 0 Å². The van der Waals surface area contributed by atoms with Crippen LogP contribution in [-0.4, -0.2) is 25.7 Å². The van der Waals surface area contributed by atoms with Gasteiger partial charge in [0, 0.05) is 17.3 Å². The zero-order chi connectivity index (χ0) is 11.4. The van der Waals surface area contributed by atoms with E-state index in [4.69, 9.17) is 4.74 Å². The molecule has 2 rings (SSSR count). The van der Waals surface area contributed by atoms with Gasteiger partial charge in [0.15, 0.2) is 0 Å². The van der Waals surface area contributed by atoms with Gasteiger partial charge in [-0.2, -0.15) is 0 Å². The van der Waals surface area contributed by atoms with Crippen LogP contribution in [0.2, 0.25) is 0 Å². The van der Waals surface area contributed by atoms with E-state index in [0.29, 0.717) is 12.5 Å². The van der Waals surface area contributed by atoms with Crippen molar-refractivity contribution in [3.05, 3.63) is 22.4 Å². The molecule has 0 amide bonds. The highest BCUT2D eigenvalue weighted by molar-refractivity contribution is 7.10. The quantitative estimate of drug-likeness (QED) is 0.820. The van der Waals surface area contributed by atoms with Crippen molar-refractivity contribution in [3.63, 3.8) is 0 Å². The molecule has 1 aliphatic rings. The largest absolute Gasteiger partial charge is 0.466 e. The van der Waals surface area contributed by atoms with E-state index >= 15 is 0 Å². The Morgan fingerprint density at radius 3 is 3.25 bits per heavy atom. The Balaban J connectivity index is 2.11. The predicted octanol–water partition coefficient (Wildman–Crippen LogP) is 2.00. The maximum Gasteiger partial charge on any atom is 0.310 e. The summed E-state index contributed by atoms with van der Waals surface area (Å²) in [5, 5.41) is 5.34. The number of carbonyl (C=O) groups excluding carboxylic acids is 1. The van der Waals surface area contributed by atoms with E-state index in [9.17, 15) is 4.79 Å². The minimum atomic E-state index is -0.0619. The molecule has 0 radical (unpaired) electrons. The summed E-state index contributed by atoms with van der Waals surface area (Å²) in [6.45, 7) is 4.04. The molecule has 2 heterocycles. The van der Waals surface area contributed by atoms with E-state index in [2.05, 4.69) is 16.8 Å². The maximum absolute atomic E-state index is 11.8. The van der Waals surface area contributed by atoms with Crippen LogP contribution >= 0.6 is 11.3 Å². The van der Waals surface area contributed by atoms with Crippen LogP contribution in [0.5, 0.6) is 0 Å². The molecular weight excluding hydrogens is 222 g/mol. The lowest BCUT2D eigenvalue weighted by Gasteiger charge is -2.29. The Labute approximate surface area is 99.8 Å². The smallest absolute Gasteiger partial charge is 0.310 e. The number of nitrogens with one attached hydrogen (secondary N) is 1. The van der Waals surface area contributed by atoms with Crippen LogP contribution in [0.4, 0.5) is 0 Å². The minimum absolute atomic E-state index is 0.0210. The third kappa shape index (κ3) is 2.44. The van der Waals surface area contributed by atoms with Gasteiger partial charge in [0.1, 0.15) is 0 Å². The molecule has 16 heavy (non-hydrogen) atoms. The lowest BCUT2D eigenvalue weighted by molar-refractivity contribution is -0.149. The molecule has 0 bridgehead atoms. The Bertz CT molecular complexity index is 337. The summed E-state index contributed by atoms with van der Waals surface area (Å²) >= 11 is 1.73. The third-order valence-electron chi connectivity index (χ3n) is 2.98. The summed E-state index contributed by atoms with van der Waals surface area (Å²) in [5.74, 6) is 0.251. The molecule has 2 atom stereocenters. The zero-order valence-corrected chi connectivity index (χ0v) is 10.3. The van der Waals surface area contributed by atoms with Crippen LogP contribution in [0, 0.1) is 5.92 Å².